The number of nitrogens with one attached hydrogen (secondary N) is 2. The molecule has 4 heteroatoms. The predicted octanol–water partition coefficient (Wildman–Crippen LogP) is 2.46. The second-order valence-electron chi connectivity index (χ2n) is 5.53. The van der Waals surface area contributed by atoms with Crippen molar-refractivity contribution in [1.82, 2.24) is 5.32 Å². The van der Waals surface area contributed by atoms with E-state index in [9.17, 15) is 4.79 Å². The minimum absolute atomic E-state index is 0.181. The first-order valence-electron chi connectivity index (χ1n) is 7.24. The fourth-order valence-corrected chi connectivity index (χ4v) is 2.61. The number of anilines is 1. The first kappa shape index (κ1) is 15.0. The summed E-state index contributed by atoms with van der Waals surface area (Å²) < 4.78 is 5.66. The number of ether oxygens (including phenoxy) is 1. The van der Waals surface area contributed by atoms with Gasteiger partial charge in [-0.1, -0.05) is 6.92 Å². The number of Topliss-reactive ketones (excluding diaryl/α,β-unsaturated/α-hetero) is 1. The van der Waals surface area contributed by atoms with E-state index in [1.54, 1.807) is 7.11 Å². The fraction of sp³-hybridized carbons (Fsp3) is 0.562. The Balaban J connectivity index is 2.07. The molecule has 0 amide bonds. The van der Waals surface area contributed by atoms with Gasteiger partial charge in [0.1, 0.15) is 0 Å². The number of carbonyl (C=O) groups is 1. The molecular weight excluding hydrogens is 252 g/mol. The summed E-state index contributed by atoms with van der Waals surface area (Å²) in [4.78, 5) is 11.6. The SMILES string of the molecule is CCC(=O)c1ccc(NC2CCNCC2(C)OC)cc1. The quantitative estimate of drug-likeness (QED) is 0.811. The highest BCUT2D eigenvalue weighted by molar-refractivity contribution is 5.96. The average molecular weight is 276 g/mol. The molecule has 2 N–H and O–H groups in total. The molecule has 2 rings (SSSR count). The van der Waals surface area contributed by atoms with E-state index in [-0.39, 0.29) is 17.4 Å². The molecule has 4 nitrogen and oxygen atoms in total. The molecule has 1 fully saturated rings. The Morgan fingerprint density at radius 3 is 2.75 bits per heavy atom. The minimum atomic E-state index is -0.212. The van der Waals surface area contributed by atoms with E-state index in [0.29, 0.717) is 6.42 Å². The fourth-order valence-electron chi connectivity index (χ4n) is 2.61. The molecule has 2 atom stereocenters. The summed E-state index contributed by atoms with van der Waals surface area (Å²) in [7, 11) is 1.75. The van der Waals surface area contributed by atoms with Crippen LogP contribution in [0.5, 0.6) is 0 Å². The molecule has 0 aromatic heterocycles. The summed E-state index contributed by atoms with van der Waals surface area (Å²) in [5.74, 6) is 0.181. The lowest BCUT2D eigenvalue weighted by Gasteiger charge is -2.41. The topological polar surface area (TPSA) is 50.4 Å². The van der Waals surface area contributed by atoms with E-state index in [1.165, 1.54) is 0 Å². The Hall–Kier alpha value is -1.39. The minimum Gasteiger partial charge on any atom is -0.379 e. The molecule has 0 bridgehead atoms. The van der Waals surface area contributed by atoms with E-state index >= 15 is 0 Å². The first-order chi connectivity index (χ1) is 9.59. The van der Waals surface area contributed by atoms with Gasteiger partial charge in [-0.05, 0) is 44.2 Å². The van der Waals surface area contributed by atoms with Crippen LogP contribution in [0.3, 0.4) is 0 Å². The van der Waals surface area contributed by atoms with Crippen molar-refractivity contribution in [2.45, 2.75) is 38.3 Å². The van der Waals surface area contributed by atoms with Crippen molar-refractivity contribution in [1.29, 1.82) is 0 Å². The van der Waals surface area contributed by atoms with Gasteiger partial charge in [0.25, 0.3) is 0 Å². The van der Waals surface area contributed by atoms with E-state index in [1.807, 2.05) is 31.2 Å². The number of methoxy groups -OCH3 is 1. The van der Waals surface area contributed by atoms with Gasteiger partial charge >= 0.3 is 0 Å². The van der Waals surface area contributed by atoms with Gasteiger partial charge < -0.3 is 15.4 Å². The zero-order chi connectivity index (χ0) is 14.6. The van der Waals surface area contributed by atoms with Crippen molar-refractivity contribution in [3.63, 3.8) is 0 Å². The summed E-state index contributed by atoms with van der Waals surface area (Å²) in [5.41, 5.74) is 1.60. The van der Waals surface area contributed by atoms with Crippen molar-refractivity contribution in [2.75, 3.05) is 25.5 Å². The zero-order valence-electron chi connectivity index (χ0n) is 12.5. The predicted molar refractivity (Wildman–Crippen MR) is 81.4 cm³/mol. The summed E-state index contributed by atoms with van der Waals surface area (Å²) >= 11 is 0. The van der Waals surface area contributed by atoms with Gasteiger partial charge in [-0.3, -0.25) is 4.79 Å². The number of hydrogen-bond acceptors (Lipinski definition) is 4. The molecule has 0 aliphatic carbocycles. The third-order valence-electron chi connectivity index (χ3n) is 4.16. The second-order valence-corrected chi connectivity index (χ2v) is 5.53. The van der Waals surface area contributed by atoms with Gasteiger partial charge in [-0.25, -0.2) is 0 Å². The van der Waals surface area contributed by atoms with Crippen molar-refractivity contribution in [3.8, 4) is 0 Å². The molecule has 2 unspecified atom stereocenters. The van der Waals surface area contributed by atoms with Gasteiger partial charge in [0.2, 0.25) is 0 Å². The smallest absolute Gasteiger partial charge is 0.162 e. The van der Waals surface area contributed by atoms with Crippen molar-refractivity contribution in [2.24, 2.45) is 0 Å². The van der Waals surface area contributed by atoms with E-state index in [4.69, 9.17) is 4.74 Å². The van der Waals surface area contributed by atoms with Crippen LogP contribution in [-0.2, 0) is 4.74 Å². The Morgan fingerprint density at radius 1 is 1.45 bits per heavy atom. The van der Waals surface area contributed by atoms with Gasteiger partial charge in [0.05, 0.1) is 11.6 Å². The van der Waals surface area contributed by atoms with Crippen molar-refractivity contribution < 1.29 is 9.53 Å². The van der Waals surface area contributed by atoms with E-state index < -0.39 is 0 Å². The molecule has 0 saturated carbocycles. The van der Waals surface area contributed by atoms with Crippen LogP contribution >= 0.6 is 0 Å². The summed E-state index contributed by atoms with van der Waals surface area (Å²) in [6, 6.07) is 7.99. The van der Waals surface area contributed by atoms with Crippen LogP contribution in [-0.4, -0.2) is 37.6 Å². The van der Waals surface area contributed by atoms with Crippen LogP contribution in [0, 0.1) is 0 Å². The number of ketones is 1. The monoisotopic (exact) mass is 276 g/mol. The normalized spacial score (nSPS) is 26.2. The Labute approximate surface area is 120 Å². The lowest BCUT2D eigenvalue weighted by molar-refractivity contribution is -0.0219. The maximum absolute atomic E-state index is 11.6. The molecule has 0 spiro atoms. The summed E-state index contributed by atoms with van der Waals surface area (Å²) in [6.07, 6.45) is 1.56. The van der Waals surface area contributed by atoms with Gasteiger partial charge in [-0.2, -0.15) is 0 Å². The van der Waals surface area contributed by atoms with E-state index in [0.717, 1.165) is 30.8 Å². The van der Waals surface area contributed by atoms with E-state index in [2.05, 4.69) is 17.6 Å². The van der Waals surface area contributed by atoms with Crippen molar-refractivity contribution >= 4 is 11.5 Å². The molecule has 1 aliphatic heterocycles. The molecule has 1 aromatic carbocycles. The largest absolute Gasteiger partial charge is 0.379 e. The average Bonchev–Trinajstić information content (AvgIpc) is 2.49. The highest BCUT2D eigenvalue weighted by Gasteiger charge is 2.36. The summed E-state index contributed by atoms with van der Waals surface area (Å²) in [6.45, 7) is 5.83. The molecule has 1 aromatic rings. The lowest BCUT2D eigenvalue weighted by Crippen LogP contribution is -2.57. The Morgan fingerprint density at radius 2 is 2.15 bits per heavy atom. The molecule has 1 heterocycles. The number of benzene rings is 1. The third kappa shape index (κ3) is 3.19. The van der Waals surface area contributed by atoms with Crippen LogP contribution in [0.25, 0.3) is 0 Å². The maximum Gasteiger partial charge on any atom is 0.162 e. The van der Waals surface area contributed by atoms with Crippen LogP contribution in [0.2, 0.25) is 0 Å². The zero-order valence-corrected chi connectivity index (χ0v) is 12.5. The third-order valence-corrected chi connectivity index (χ3v) is 4.16. The number of piperidine rings is 1. The highest BCUT2D eigenvalue weighted by Crippen LogP contribution is 2.24. The number of rotatable bonds is 5. The maximum atomic E-state index is 11.6. The van der Waals surface area contributed by atoms with Crippen molar-refractivity contribution in [3.05, 3.63) is 29.8 Å². The lowest BCUT2D eigenvalue weighted by atomic mass is 9.89. The number of carbonyl (C=O) groups excluding carboxylic acids is 1. The molecule has 0 radical (unpaired) electrons. The molecular formula is C16H24N2O2. The van der Waals surface area contributed by atoms with Crippen LogP contribution in [0.15, 0.2) is 24.3 Å². The Bertz CT molecular complexity index is 458. The standard InChI is InChI=1S/C16H24N2O2/c1-4-14(19)12-5-7-13(8-6-12)18-15-9-10-17-11-16(15,2)20-3/h5-8,15,17-18H,4,9-11H2,1-3H3. The second kappa shape index (κ2) is 6.37. The Kier molecular flexibility index (Phi) is 4.78. The van der Waals surface area contributed by atoms with Gasteiger partial charge in [0.15, 0.2) is 5.78 Å². The number of hydrogen-bond donors (Lipinski definition) is 2. The summed E-state index contributed by atoms with van der Waals surface area (Å²) in [5, 5.41) is 6.89. The molecule has 110 valence electrons. The van der Waals surface area contributed by atoms with Crippen LogP contribution in [0.1, 0.15) is 37.0 Å². The van der Waals surface area contributed by atoms with Crippen LogP contribution < -0.4 is 10.6 Å². The van der Waals surface area contributed by atoms with Gasteiger partial charge in [0, 0.05) is 31.3 Å². The molecule has 1 saturated heterocycles. The first-order valence-corrected chi connectivity index (χ1v) is 7.24. The highest BCUT2D eigenvalue weighted by atomic mass is 16.5. The molecule has 20 heavy (non-hydrogen) atoms. The van der Waals surface area contributed by atoms with Gasteiger partial charge in [-0.15, -0.1) is 0 Å². The molecule has 1 aliphatic rings. The van der Waals surface area contributed by atoms with Crippen LogP contribution in [0.4, 0.5) is 5.69 Å².